The lowest BCUT2D eigenvalue weighted by molar-refractivity contribution is -0.0395. The molecule has 1 aliphatic carbocycles. The van der Waals surface area contributed by atoms with Gasteiger partial charge in [0, 0.05) is 18.5 Å². The molecule has 3 rings (SSSR count). The molecular weight excluding hydrogens is 214 g/mol. The summed E-state index contributed by atoms with van der Waals surface area (Å²) < 4.78 is 0. The molecule has 1 saturated carbocycles. The molecule has 0 bridgehead atoms. The van der Waals surface area contributed by atoms with Crippen LogP contribution in [-0.2, 0) is 6.54 Å². The third-order valence-corrected chi connectivity index (χ3v) is 4.20. The van der Waals surface area contributed by atoms with Gasteiger partial charge in [0.25, 0.3) is 0 Å². The summed E-state index contributed by atoms with van der Waals surface area (Å²) in [6.45, 7) is 2.89. The Balaban J connectivity index is 1.98. The van der Waals surface area contributed by atoms with Gasteiger partial charge in [-0.05, 0) is 30.9 Å². The average molecular weight is 233 g/mol. The van der Waals surface area contributed by atoms with Crippen molar-refractivity contribution in [3.8, 4) is 0 Å². The molecule has 0 unspecified atom stereocenters. The van der Waals surface area contributed by atoms with Crippen LogP contribution in [0.2, 0.25) is 0 Å². The Morgan fingerprint density at radius 3 is 2.88 bits per heavy atom. The first kappa shape index (κ1) is 11.2. The van der Waals surface area contributed by atoms with E-state index in [1.165, 1.54) is 16.7 Å². The van der Waals surface area contributed by atoms with E-state index < -0.39 is 12.2 Å². The molecule has 92 valence electrons. The lowest BCUT2D eigenvalue weighted by Crippen LogP contribution is -2.54. The van der Waals surface area contributed by atoms with E-state index in [9.17, 15) is 10.2 Å². The SMILES string of the molecule is Cc1ccc2c(c1)[C@@H]1CC[C@@H](O)[C@@H](O)[C@@H]1NC2. The molecule has 0 radical (unpaired) electrons. The molecule has 4 atom stereocenters. The molecule has 0 saturated heterocycles. The van der Waals surface area contributed by atoms with Crippen LogP contribution in [0.25, 0.3) is 0 Å². The molecule has 3 nitrogen and oxygen atoms in total. The number of benzene rings is 1. The summed E-state index contributed by atoms with van der Waals surface area (Å²) in [5.74, 6) is 0.344. The zero-order chi connectivity index (χ0) is 12.0. The molecule has 1 fully saturated rings. The normalized spacial score (nSPS) is 36.2. The number of hydrogen-bond donors (Lipinski definition) is 3. The monoisotopic (exact) mass is 233 g/mol. The summed E-state index contributed by atoms with van der Waals surface area (Å²) in [6.07, 6.45) is 0.432. The van der Waals surface area contributed by atoms with Crippen LogP contribution in [-0.4, -0.2) is 28.5 Å². The molecule has 1 aliphatic heterocycles. The molecule has 1 aromatic rings. The van der Waals surface area contributed by atoms with E-state index in [0.29, 0.717) is 12.3 Å². The van der Waals surface area contributed by atoms with Gasteiger partial charge < -0.3 is 15.5 Å². The number of hydrogen-bond acceptors (Lipinski definition) is 3. The highest BCUT2D eigenvalue weighted by atomic mass is 16.3. The second-order valence-corrected chi connectivity index (χ2v) is 5.35. The highest BCUT2D eigenvalue weighted by Gasteiger charge is 2.40. The first-order chi connectivity index (χ1) is 8.16. The van der Waals surface area contributed by atoms with Gasteiger partial charge in [-0.2, -0.15) is 0 Å². The maximum absolute atomic E-state index is 10.1. The minimum Gasteiger partial charge on any atom is -0.390 e. The molecule has 3 heteroatoms. The highest BCUT2D eigenvalue weighted by molar-refractivity contribution is 5.38. The third kappa shape index (κ3) is 1.79. The minimum atomic E-state index is -0.637. The van der Waals surface area contributed by atoms with Crippen molar-refractivity contribution in [2.75, 3.05) is 0 Å². The Labute approximate surface area is 101 Å². The van der Waals surface area contributed by atoms with E-state index >= 15 is 0 Å². The Bertz CT molecular complexity index is 432. The summed E-state index contributed by atoms with van der Waals surface area (Å²) in [7, 11) is 0. The standard InChI is InChI=1S/C14H19NO2/c1-8-2-3-9-7-15-13-10(11(9)6-8)4-5-12(16)14(13)17/h2-3,6,10,12-17H,4-5,7H2,1H3/t10-,12+,13+,14+/m0/s1. The van der Waals surface area contributed by atoms with E-state index in [0.717, 1.165) is 13.0 Å². The zero-order valence-corrected chi connectivity index (χ0v) is 10.1. The van der Waals surface area contributed by atoms with Crippen molar-refractivity contribution in [2.45, 2.75) is 50.5 Å². The van der Waals surface area contributed by atoms with Crippen molar-refractivity contribution in [3.05, 3.63) is 34.9 Å². The van der Waals surface area contributed by atoms with Gasteiger partial charge in [-0.15, -0.1) is 0 Å². The van der Waals surface area contributed by atoms with Gasteiger partial charge in [0.1, 0.15) is 0 Å². The lowest BCUT2D eigenvalue weighted by atomic mass is 9.73. The fourth-order valence-corrected chi connectivity index (χ4v) is 3.24. The molecular formula is C14H19NO2. The van der Waals surface area contributed by atoms with Crippen molar-refractivity contribution in [1.82, 2.24) is 5.32 Å². The maximum Gasteiger partial charge on any atom is 0.0957 e. The van der Waals surface area contributed by atoms with Gasteiger partial charge in [0.05, 0.1) is 12.2 Å². The van der Waals surface area contributed by atoms with Crippen molar-refractivity contribution < 1.29 is 10.2 Å². The fraction of sp³-hybridized carbons (Fsp3) is 0.571. The van der Waals surface area contributed by atoms with Crippen LogP contribution < -0.4 is 5.32 Å². The van der Waals surface area contributed by atoms with Gasteiger partial charge in [-0.25, -0.2) is 0 Å². The second kappa shape index (κ2) is 4.09. The topological polar surface area (TPSA) is 52.5 Å². The minimum absolute atomic E-state index is 0.00745. The average Bonchev–Trinajstić information content (AvgIpc) is 2.33. The number of aliphatic hydroxyl groups is 2. The molecule has 3 N–H and O–H groups in total. The number of aliphatic hydroxyl groups excluding tert-OH is 2. The van der Waals surface area contributed by atoms with Gasteiger partial charge >= 0.3 is 0 Å². The first-order valence-electron chi connectivity index (χ1n) is 6.36. The summed E-state index contributed by atoms with van der Waals surface area (Å²) >= 11 is 0. The largest absolute Gasteiger partial charge is 0.390 e. The molecule has 0 spiro atoms. The van der Waals surface area contributed by atoms with Crippen LogP contribution in [0.4, 0.5) is 0 Å². The molecule has 0 amide bonds. The summed E-state index contributed by atoms with van der Waals surface area (Å²) in [5.41, 5.74) is 3.96. The Morgan fingerprint density at radius 1 is 1.24 bits per heavy atom. The lowest BCUT2D eigenvalue weighted by Gasteiger charge is -2.43. The second-order valence-electron chi connectivity index (χ2n) is 5.35. The van der Waals surface area contributed by atoms with Gasteiger partial charge in [-0.1, -0.05) is 23.8 Å². The molecule has 0 aromatic heterocycles. The van der Waals surface area contributed by atoms with Crippen LogP contribution in [0.15, 0.2) is 18.2 Å². The molecule has 2 aliphatic rings. The van der Waals surface area contributed by atoms with Crippen molar-refractivity contribution in [2.24, 2.45) is 0 Å². The number of aryl methyl sites for hydroxylation is 1. The van der Waals surface area contributed by atoms with Crippen LogP contribution in [0.5, 0.6) is 0 Å². The van der Waals surface area contributed by atoms with E-state index in [1.807, 2.05) is 0 Å². The number of fused-ring (bicyclic) bond motifs is 3. The fourth-order valence-electron chi connectivity index (χ4n) is 3.24. The van der Waals surface area contributed by atoms with Gasteiger partial charge in [0.2, 0.25) is 0 Å². The van der Waals surface area contributed by atoms with Crippen molar-refractivity contribution >= 4 is 0 Å². The third-order valence-electron chi connectivity index (χ3n) is 4.20. The maximum atomic E-state index is 10.1. The zero-order valence-electron chi connectivity index (χ0n) is 10.1. The predicted molar refractivity (Wildman–Crippen MR) is 65.8 cm³/mol. The molecule has 1 heterocycles. The predicted octanol–water partition coefficient (Wildman–Crippen LogP) is 1.07. The van der Waals surface area contributed by atoms with E-state index in [-0.39, 0.29) is 6.04 Å². The summed E-state index contributed by atoms with van der Waals surface area (Å²) in [4.78, 5) is 0. The van der Waals surface area contributed by atoms with Crippen LogP contribution in [0, 0.1) is 6.92 Å². The van der Waals surface area contributed by atoms with Crippen LogP contribution in [0.1, 0.15) is 35.4 Å². The number of rotatable bonds is 0. The van der Waals surface area contributed by atoms with Crippen molar-refractivity contribution in [1.29, 1.82) is 0 Å². The summed E-state index contributed by atoms with van der Waals surface area (Å²) in [5, 5.41) is 23.2. The van der Waals surface area contributed by atoms with Crippen LogP contribution >= 0.6 is 0 Å². The smallest absolute Gasteiger partial charge is 0.0957 e. The molecule has 1 aromatic carbocycles. The van der Waals surface area contributed by atoms with Gasteiger partial charge in [-0.3, -0.25) is 0 Å². The number of nitrogens with one attached hydrogen (secondary N) is 1. The first-order valence-corrected chi connectivity index (χ1v) is 6.36. The van der Waals surface area contributed by atoms with E-state index in [4.69, 9.17) is 0 Å². The van der Waals surface area contributed by atoms with E-state index in [1.54, 1.807) is 0 Å². The Morgan fingerprint density at radius 2 is 2.06 bits per heavy atom. The Kier molecular flexibility index (Phi) is 2.69. The van der Waals surface area contributed by atoms with Gasteiger partial charge in [0.15, 0.2) is 0 Å². The quantitative estimate of drug-likeness (QED) is 0.628. The Hall–Kier alpha value is -0.900. The van der Waals surface area contributed by atoms with E-state index in [2.05, 4.69) is 30.4 Å². The summed E-state index contributed by atoms with van der Waals surface area (Å²) in [6, 6.07) is 6.55. The van der Waals surface area contributed by atoms with Crippen LogP contribution in [0.3, 0.4) is 0 Å². The highest BCUT2D eigenvalue weighted by Crippen LogP contribution is 2.38. The molecule has 17 heavy (non-hydrogen) atoms. The van der Waals surface area contributed by atoms with Crippen molar-refractivity contribution in [3.63, 3.8) is 0 Å².